The lowest BCUT2D eigenvalue weighted by Gasteiger charge is -2.35. The van der Waals surface area contributed by atoms with Gasteiger partial charge in [0, 0.05) is 52.2 Å². The fourth-order valence-corrected chi connectivity index (χ4v) is 3.64. The number of fused-ring (bicyclic) bond motifs is 1. The second-order valence-corrected chi connectivity index (χ2v) is 7.18. The van der Waals surface area contributed by atoms with Crippen molar-refractivity contribution in [1.29, 1.82) is 0 Å². The molecule has 2 aliphatic heterocycles. The Bertz CT molecular complexity index is 766. The number of carbonyl (C=O) groups excluding carboxylic acids is 1. The summed E-state index contributed by atoms with van der Waals surface area (Å²) in [5, 5.41) is 5.85. The van der Waals surface area contributed by atoms with Crippen LogP contribution >= 0.6 is 0 Å². The molecule has 1 atom stereocenters. The molecule has 1 aliphatic carbocycles. The number of hydrogen-bond acceptors (Lipinski definition) is 6. The summed E-state index contributed by atoms with van der Waals surface area (Å²) in [7, 11) is 1.89. The maximum Gasteiger partial charge on any atom is 0.227 e. The van der Waals surface area contributed by atoms with Gasteiger partial charge in [-0.05, 0) is 29.7 Å². The number of carbonyl (C=O) groups is 1. The molecule has 142 valence electrons. The third-order valence-electron chi connectivity index (χ3n) is 5.32. The van der Waals surface area contributed by atoms with E-state index < -0.39 is 0 Å². The number of allylic oxidation sites excluding steroid dienone is 1. The highest BCUT2D eigenvalue weighted by molar-refractivity contribution is 6.02. The first kappa shape index (κ1) is 17.9. The van der Waals surface area contributed by atoms with Crippen molar-refractivity contribution in [1.82, 2.24) is 19.8 Å². The molecule has 1 amide bonds. The van der Waals surface area contributed by atoms with Gasteiger partial charge in [0.1, 0.15) is 11.8 Å². The van der Waals surface area contributed by atoms with Crippen LogP contribution in [0.5, 0.6) is 0 Å². The molecule has 0 spiro atoms. The summed E-state index contributed by atoms with van der Waals surface area (Å²) in [6.07, 6.45) is 11.3. The molecule has 0 N–H and O–H groups in total. The van der Waals surface area contributed by atoms with Crippen LogP contribution in [-0.4, -0.2) is 77.3 Å². The lowest BCUT2D eigenvalue weighted by molar-refractivity contribution is -0.132. The van der Waals surface area contributed by atoms with E-state index in [4.69, 9.17) is 4.94 Å². The summed E-state index contributed by atoms with van der Waals surface area (Å²) in [6.45, 7) is 4.43. The Morgan fingerprint density at radius 2 is 2.15 bits per heavy atom. The minimum Gasteiger partial charge on any atom is -0.340 e. The van der Waals surface area contributed by atoms with Gasteiger partial charge in [-0.3, -0.25) is 19.6 Å². The number of pyridine rings is 1. The van der Waals surface area contributed by atoms with Crippen molar-refractivity contribution >= 4 is 11.6 Å². The van der Waals surface area contributed by atoms with E-state index >= 15 is 0 Å². The smallest absolute Gasteiger partial charge is 0.227 e. The van der Waals surface area contributed by atoms with Crippen LogP contribution in [0.2, 0.25) is 0 Å². The fraction of sp³-hybridized carbons (Fsp3) is 0.450. The molecule has 1 saturated heterocycles. The molecule has 1 aromatic rings. The Morgan fingerprint density at radius 3 is 2.93 bits per heavy atom. The van der Waals surface area contributed by atoms with Gasteiger partial charge in [-0.15, -0.1) is 5.06 Å². The van der Waals surface area contributed by atoms with Gasteiger partial charge in [0.25, 0.3) is 0 Å². The van der Waals surface area contributed by atoms with Gasteiger partial charge in [0.15, 0.2) is 0 Å². The van der Waals surface area contributed by atoms with E-state index in [2.05, 4.69) is 33.3 Å². The van der Waals surface area contributed by atoms with Crippen LogP contribution in [-0.2, 0) is 16.2 Å². The van der Waals surface area contributed by atoms with Crippen molar-refractivity contribution in [2.24, 2.45) is 5.16 Å². The Balaban J connectivity index is 1.22. The number of amides is 1. The molecular weight excluding hydrogens is 342 g/mol. The van der Waals surface area contributed by atoms with Crippen molar-refractivity contribution < 1.29 is 9.73 Å². The molecule has 0 saturated carbocycles. The van der Waals surface area contributed by atoms with Crippen molar-refractivity contribution in [3.05, 3.63) is 53.9 Å². The molecule has 0 radical (unpaired) electrons. The SMILES string of the molecule is CN1ON=C2C=C(CCN3CCN(C(=O)Cc4cccnc4)CC3)C=CC21. The zero-order valence-electron chi connectivity index (χ0n) is 15.6. The zero-order valence-corrected chi connectivity index (χ0v) is 15.6. The predicted molar refractivity (Wildman–Crippen MR) is 103 cm³/mol. The molecule has 0 bridgehead atoms. The molecule has 4 rings (SSSR count). The van der Waals surface area contributed by atoms with Crippen molar-refractivity contribution in [2.75, 3.05) is 39.8 Å². The van der Waals surface area contributed by atoms with Gasteiger partial charge < -0.3 is 4.90 Å². The molecule has 0 aromatic carbocycles. The lowest BCUT2D eigenvalue weighted by Crippen LogP contribution is -2.49. The van der Waals surface area contributed by atoms with E-state index in [0.717, 1.165) is 50.4 Å². The first-order chi connectivity index (χ1) is 13.2. The van der Waals surface area contributed by atoms with Crippen molar-refractivity contribution in [2.45, 2.75) is 18.9 Å². The Hall–Kier alpha value is -2.51. The number of rotatable bonds is 5. The van der Waals surface area contributed by atoms with Crippen LogP contribution < -0.4 is 0 Å². The van der Waals surface area contributed by atoms with Crippen LogP contribution in [0.1, 0.15) is 12.0 Å². The van der Waals surface area contributed by atoms with Crippen LogP contribution in [0.15, 0.2) is 53.5 Å². The molecule has 1 fully saturated rings. The van der Waals surface area contributed by atoms with Crippen LogP contribution in [0, 0.1) is 0 Å². The summed E-state index contributed by atoms with van der Waals surface area (Å²) < 4.78 is 0. The van der Waals surface area contributed by atoms with Gasteiger partial charge in [-0.25, -0.2) is 0 Å². The normalized spacial score (nSPS) is 22.9. The van der Waals surface area contributed by atoms with Gasteiger partial charge in [-0.2, -0.15) is 0 Å². The largest absolute Gasteiger partial charge is 0.340 e. The van der Waals surface area contributed by atoms with Gasteiger partial charge >= 0.3 is 0 Å². The Labute approximate surface area is 159 Å². The summed E-state index contributed by atoms with van der Waals surface area (Å²) in [6, 6.07) is 3.97. The molecule has 1 aromatic heterocycles. The third-order valence-corrected chi connectivity index (χ3v) is 5.32. The highest BCUT2D eigenvalue weighted by atomic mass is 16.8. The predicted octanol–water partition coefficient (Wildman–Crippen LogP) is 1.26. The molecule has 3 aliphatic rings. The monoisotopic (exact) mass is 367 g/mol. The summed E-state index contributed by atoms with van der Waals surface area (Å²) in [4.78, 5) is 26.1. The number of nitrogens with zero attached hydrogens (tertiary/aromatic N) is 5. The van der Waals surface area contributed by atoms with Gasteiger partial charge in [0.2, 0.25) is 5.91 Å². The highest BCUT2D eigenvalue weighted by Crippen LogP contribution is 2.21. The molecule has 1 unspecified atom stereocenters. The average Bonchev–Trinajstić information content (AvgIpc) is 3.08. The number of aromatic nitrogens is 1. The zero-order chi connectivity index (χ0) is 18.6. The maximum atomic E-state index is 12.4. The topological polar surface area (TPSA) is 61.3 Å². The lowest BCUT2D eigenvalue weighted by atomic mass is 9.99. The van der Waals surface area contributed by atoms with E-state index in [9.17, 15) is 4.79 Å². The van der Waals surface area contributed by atoms with E-state index in [1.807, 2.05) is 24.1 Å². The first-order valence-corrected chi connectivity index (χ1v) is 9.45. The molecule has 7 heteroatoms. The van der Waals surface area contributed by atoms with Crippen LogP contribution in [0.4, 0.5) is 0 Å². The van der Waals surface area contributed by atoms with E-state index in [1.54, 1.807) is 17.5 Å². The van der Waals surface area contributed by atoms with Crippen LogP contribution in [0.25, 0.3) is 0 Å². The van der Waals surface area contributed by atoms with E-state index in [-0.39, 0.29) is 11.9 Å². The molecule has 27 heavy (non-hydrogen) atoms. The Morgan fingerprint density at radius 1 is 1.30 bits per heavy atom. The fourth-order valence-electron chi connectivity index (χ4n) is 3.64. The summed E-state index contributed by atoms with van der Waals surface area (Å²) in [5.41, 5.74) is 3.23. The molecule has 3 heterocycles. The number of hydroxylamine groups is 2. The third kappa shape index (κ3) is 4.26. The summed E-state index contributed by atoms with van der Waals surface area (Å²) >= 11 is 0. The molecule has 7 nitrogen and oxygen atoms in total. The average molecular weight is 367 g/mol. The second kappa shape index (κ2) is 8.02. The summed E-state index contributed by atoms with van der Waals surface area (Å²) in [5.74, 6) is 0.190. The van der Waals surface area contributed by atoms with E-state index in [1.165, 1.54) is 5.57 Å². The van der Waals surface area contributed by atoms with Crippen molar-refractivity contribution in [3.63, 3.8) is 0 Å². The number of piperazine rings is 1. The number of oxime groups is 1. The second-order valence-electron chi connectivity index (χ2n) is 7.18. The minimum absolute atomic E-state index is 0.142. The standard InChI is InChI=1S/C20H25N5O2/c1-23-19-5-4-16(13-18(19)22-27-23)6-8-24-9-11-25(12-10-24)20(26)14-17-3-2-7-21-15-17/h2-5,7,13,15,19H,6,8-12,14H2,1H3. The minimum atomic E-state index is 0.142. The van der Waals surface area contributed by atoms with Gasteiger partial charge in [-0.1, -0.05) is 23.4 Å². The van der Waals surface area contributed by atoms with Gasteiger partial charge in [0.05, 0.1) is 6.42 Å². The number of likely N-dealkylation sites (N-methyl/N-ethyl adjacent to an activating group) is 1. The first-order valence-electron chi connectivity index (χ1n) is 9.45. The number of hydrogen-bond donors (Lipinski definition) is 0. The van der Waals surface area contributed by atoms with Crippen LogP contribution in [0.3, 0.4) is 0 Å². The van der Waals surface area contributed by atoms with E-state index in [0.29, 0.717) is 6.42 Å². The maximum absolute atomic E-state index is 12.4. The quantitative estimate of drug-likeness (QED) is 0.784. The highest BCUT2D eigenvalue weighted by Gasteiger charge is 2.28. The van der Waals surface area contributed by atoms with Crippen molar-refractivity contribution in [3.8, 4) is 0 Å². The Kier molecular flexibility index (Phi) is 5.31. The molecular formula is C20H25N5O2.